The van der Waals surface area contributed by atoms with Crippen LogP contribution in [0, 0.1) is 6.92 Å². The number of thioether (sulfide) groups is 1. The van der Waals surface area contributed by atoms with E-state index in [2.05, 4.69) is 15.6 Å². The number of hydrogen-bond acceptors (Lipinski definition) is 5. The van der Waals surface area contributed by atoms with E-state index in [9.17, 15) is 9.59 Å². The van der Waals surface area contributed by atoms with Gasteiger partial charge in [0.1, 0.15) is 0 Å². The zero-order valence-electron chi connectivity index (χ0n) is 16.8. The van der Waals surface area contributed by atoms with E-state index >= 15 is 0 Å². The molecule has 1 aromatic heterocycles. The molecule has 5 nitrogen and oxygen atoms in total. The normalized spacial score (nSPS) is 10.8. The minimum Gasteiger partial charge on any atom is -0.325 e. The first-order valence-corrected chi connectivity index (χ1v) is 12.1. The van der Waals surface area contributed by atoms with E-state index in [1.807, 2.05) is 31.2 Å². The second-order valence-corrected chi connectivity index (χ2v) is 9.96. The smallest absolute Gasteiger partial charge is 0.257 e. The van der Waals surface area contributed by atoms with E-state index in [0.717, 1.165) is 20.1 Å². The zero-order chi connectivity index (χ0) is 22.7. The van der Waals surface area contributed by atoms with Crippen LogP contribution in [0.1, 0.15) is 15.9 Å². The molecule has 0 aliphatic rings. The average molecular weight is 502 g/mol. The van der Waals surface area contributed by atoms with Gasteiger partial charge in [0.2, 0.25) is 5.91 Å². The van der Waals surface area contributed by atoms with Gasteiger partial charge in [0, 0.05) is 16.4 Å². The fourth-order valence-corrected chi connectivity index (χ4v) is 5.19. The molecule has 0 radical (unpaired) electrons. The van der Waals surface area contributed by atoms with Gasteiger partial charge >= 0.3 is 0 Å². The lowest BCUT2D eigenvalue weighted by Gasteiger charge is -2.06. The van der Waals surface area contributed by atoms with Crippen molar-refractivity contribution in [1.29, 1.82) is 0 Å². The number of anilines is 2. The van der Waals surface area contributed by atoms with Gasteiger partial charge in [0.15, 0.2) is 4.34 Å². The number of amides is 2. The largest absolute Gasteiger partial charge is 0.325 e. The molecular formula is C23H17Cl2N3O2S2. The third-order valence-electron chi connectivity index (χ3n) is 4.53. The van der Waals surface area contributed by atoms with Gasteiger partial charge in [-0.3, -0.25) is 9.59 Å². The van der Waals surface area contributed by atoms with Crippen molar-refractivity contribution in [2.75, 3.05) is 16.4 Å². The van der Waals surface area contributed by atoms with E-state index < -0.39 is 0 Å². The maximum Gasteiger partial charge on any atom is 0.257 e. The molecule has 0 aliphatic heterocycles. The Labute approximate surface area is 203 Å². The SMILES string of the molecule is Cc1ccc(NC(=O)CSc2nc3ccc(NC(=O)c4ccccc4Cl)cc3s2)cc1Cl. The van der Waals surface area contributed by atoms with Gasteiger partial charge in [-0.25, -0.2) is 4.98 Å². The predicted molar refractivity (Wildman–Crippen MR) is 135 cm³/mol. The Kier molecular flexibility index (Phi) is 7.01. The molecule has 0 saturated heterocycles. The van der Waals surface area contributed by atoms with Crippen molar-refractivity contribution < 1.29 is 9.59 Å². The summed E-state index contributed by atoms with van der Waals surface area (Å²) in [5.41, 5.74) is 3.48. The fourth-order valence-electron chi connectivity index (χ4n) is 2.88. The van der Waals surface area contributed by atoms with Crippen LogP contribution in [0.15, 0.2) is 65.0 Å². The van der Waals surface area contributed by atoms with E-state index in [4.69, 9.17) is 23.2 Å². The Bertz CT molecular complexity index is 1320. The van der Waals surface area contributed by atoms with Crippen LogP contribution in [0.25, 0.3) is 10.2 Å². The van der Waals surface area contributed by atoms with E-state index in [1.54, 1.807) is 36.4 Å². The number of rotatable bonds is 6. The number of carbonyl (C=O) groups excluding carboxylic acids is 2. The minimum absolute atomic E-state index is 0.137. The molecule has 2 N–H and O–H groups in total. The summed E-state index contributed by atoms with van der Waals surface area (Å²) in [5.74, 6) is -0.190. The highest BCUT2D eigenvalue weighted by Crippen LogP contribution is 2.32. The van der Waals surface area contributed by atoms with Crippen LogP contribution in [0.3, 0.4) is 0 Å². The number of fused-ring (bicyclic) bond motifs is 1. The molecule has 0 bridgehead atoms. The number of hydrogen-bond donors (Lipinski definition) is 2. The van der Waals surface area contributed by atoms with Gasteiger partial charge in [-0.2, -0.15) is 0 Å². The summed E-state index contributed by atoms with van der Waals surface area (Å²) in [4.78, 5) is 29.3. The van der Waals surface area contributed by atoms with Crippen LogP contribution in [-0.2, 0) is 4.79 Å². The second kappa shape index (κ2) is 9.92. The number of aromatic nitrogens is 1. The quantitative estimate of drug-likeness (QED) is 0.282. The number of nitrogens with zero attached hydrogens (tertiary/aromatic N) is 1. The third kappa shape index (κ3) is 5.42. The molecule has 0 spiro atoms. The summed E-state index contributed by atoms with van der Waals surface area (Å²) in [6, 6.07) is 17.8. The molecule has 0 saturated carbocycles. The Morgan fingerprint density at radius 1 is 0.969 bits per heavy atom. The maximum atomic E-state index is 12.5. The van der Waals surface area contributed by atoms with Gasteiger partial charge in [0.05, 0.1) is 26.6 Å². The van der Waals surface area contributed by atoms with E-state index in [-0.39, 0.29) is 17.6 Å². The van der Waals surface area contributed by atoms with Crippen LogP contribution >= 0.6 is 46.3 Å². The van der Waals surface area contributed by atoms with Crippen LogP contribution < -0.4 is 10.6 Å². The molecule has 0 atom stereocenters. The molecule has 9 heteroatoms. The van der Waals surface area contributed by atoms with Crippen molar-refractivity contribution in [2.45, 2.75) is 11.3 Å². The highest BCUT2D eigenvalue weighted by Gasteiger charge is 2.12. The van der Waals surface area contributed by atoms with Crippen LogP contribution in [0.5, 0.6) is 0 Å². The van der Waals surface area contributed by atoms with Crippen molar-refractivity contribution >= 4 is 79.7 Å². The summed E-state index contributed by atoms with van der Waals surface area (Å²) < 4.78 is 1.68. The van der Waals surface area contributed by atoms with Gasteiger partial charge in [0.25, 0.3) is 5.91 Å². The van der Waals surface area contributed by atoms with E-state index in [1.165, 1.54) is 23.1 Å². The molecule has 162 valence electrons. The monoisotopic (exact) mass is 501 g/mol. The lowest BCUT2D eigenvalue weighted by atomic mass is 10.2. The Morgan fingerprint density at radius 3 is 2.50 bits per heavy atom. The van der Waals surface area contributed by atoms with Crippen molar-refractivity contribution in [3.05, 3.63) is 81.8 Å². The number of aryl methyl sites for hydroxylation is 1. The topological polar surface area (TPSA) is 71.1 Å². The maximum absolute atomic E-state index is 12.5. The minimum atomic E-state index is -0.276. The van der Waals surface area contributed by atoms with Crippen molar-refractivity contribution in [3.8, 4) is 0 Å². The first kappa shape index (κ1) is 22.6. The summed E-state index contributed by atoms with van der Waals surface area (Å²) >= 11 is 15.0. The second-order valence-electron chi connectivity index (χ2n) is 6.90. The summed E-state index contributed by atoms with van der Waals surface area (Å²) in [5, 5.41) is 6.71. The number of benzene rings is 3. The van der Waals surface area contributed by atoms with Crippen molar-refractivity contribution in [3.63, 3.8) is 0 Å². The Balaban J connectivity index is 1.39. The predicted octanol–water partition coefficient (Wildman–Crippen LogP) is 6.89. The Hall–Kier alpha value is -2.58. The molecule has 4 aromatic rings. The molecule has 0 fully saturated rings. The first-order valence-electron chi connectivity index (χ1n) is 9.54. The van der Waals surface area contributed by atoms with Crippen LogP contribution in [0.4, 0.5) is 11.4 Å². The summed E-state index contributed by atoms with van der Waals surface area (Å²) in [6.07, 6.45) is 0. The third-order valence-corrected chi connectivity index (χ3v) is 7.43. The number of nitrogens with one attached hydrogen (secondary N) is 2. The van der Waals surface area contributed by atoms with Gasteiger partial charge in [-0.05, 0) is 55.0 Å². The van der Waals surface area contributed by atoms with Crippen LogP contribution in [-0.4, -0.2) is 22.6 Å². The standard InChI is InChI=1S/C23H17Cl2N3O2S2/c1-13-6-7-14(10-18(13)25)26-21(29)12-31-23-28-19-9-8-15(11-20(19)32-23)27-22(30)16-4-2-3-5-17(16)24/h2-11H,12H2,1H3,(H,26,29)(H,27,30). The summed E-state index contributed by atoms with van der Waals surface area (Å²) in [6.45, 7) is 1.91. The average Bonchev–Trinajstić information content (AvgIpc) is 3.17. The zero-order valence-corrected chi connectivity index (χ0v) is 20.0. The number of thiazole rings is 1. The fraction of sp³-hybridized carbons (Fsp3) is 0.0870. The van der Waals surface area contributed by atoms with Gasteiger partial charge < -0.3 is 10.6 Å². The Morgan fingerprint density at radius 2 is 1.72 bits per heavy atom. The highest BCUT2D eigenvalue weighted by atomic mass is 35.5. The number of carbonyl (C=O) groups is 2. The molecule has 3 aromatic carbocycles. The summed E-state index contributed by atoms with van der Waals surface area (Å²) in [7, 11) is 0. The number of halogens is 2. The van der Waals surface area contributed by atoms with Crippen molar-refractivity contribution in [1.82, 2.24) is 4.98 Å². The molecule has 0 unspecified atom stereocenters. The first-order chi connectivity index (χ1) is 15.4. The molecule has 1 heterocycles. The molecule has 32 heavy (non-hydrogen) atoms. The molecule has 2 amide bonds. The highest BCUT2D eigenvalue weighted by molar-refractivity contribution is 8.01. The molecular weight excluding hydrogens is 485 g/mol. The van der Waals surface area contributed by atoms with Crippen LogP contribution in [0.2, 0.25) is 10.0 Å². The van der Waals surface area contributed by atoms with Gasteiger partial charge in [-0.15, -0.1) is 11.3 Å². The lowest BCUT2D eigenvalue weighted by Crippen LogP contribution is -2.13. The molecule has 0 aliphatic carbocycles. The van der Waals surface area contributed by atoms with Crippen molar-refractivity contribution in [2.24, 2.45) is 0 Å². The van der Waals surface area contributed by atoms with E-state index in [0.29, 0.717) is 27.0 Å². The molecule has 4 rings (SSSR count). The van der Waals surface area contributed by atoms with Gasteiger partial charge in [-0.1, -0.05) is 53.2 Å². The lowest BCUT2D eigenvalue weighted by molar-refractivity contribution is -0.113.